The van der Waals surface area contributed by atoms with Gasteiger partial charge in [0.2, 0.25) is 10.0 Å². The van der Waals surface area contributed by atoms with Gasteiger partial charge in [-0.3, -0.25) is 0 Å². The van der Waals surface area contributed by atoms with Crippen LogP contribution in [0.5, 0.6) is 5.75 Å². The van der Waals surface area contributed by atoms with Gasteiger partial charge >= 0.3 is 0 Å². The highest BCUT2D eigenvalue weighted by Gasteiger charge is 2.13. The molecule has 2 aromatic carbocycles. The summed E-state index contributed by atoms with van der Waals surface area (Å²) in [5, 5.41) is 0. The summed E-state index contributed by atoms with van der Waals surface area (Å²) in [7, 11) is -1.96. The van der Waals surface area contributed by atoms with E-state index in [2.05, 4.69) is 4.72 Å². The van der Waals surface area contributed by atoms with Gasteiger partial charge in [-0.25, -0.2) is 13.1 Å². The number of benzene rings is 2. The smallest absolute Gasteiger partial charge is 0.240 e. The summed E-state index contributed by atoms with van der Waals surface area (Å²) in [6.45, 7) is 0.593. The van der Waals surface area contributed by atoms with Gasteiger partial charge in [0, 0.05) is 13.1 Å². The largest absolute Gasteiger partial charge is 0.497 e. The van der Waals surface area contributed by atoms with Crippen molar-refractivity contribution in [2.24, 2.45) is 5.73 Å². The fraction of sp³-hybridized carbons (Fsp3) is 0.200. The van der Waals surface area contributed by atoms with Crippen molar-refractivity contribution in [2.75, 3.05) is 7.11 Å². The molecule has 0 amide bonds. The molecule has 0 saturated carbocycles. The first-order valence-electron chi connectivity index (χ1n) is 6.47. The van der Waals surface area contributed by atoms with E-state index in [0.717, 1.165) is 11.1 Å². The highest BCUT2D eigenvalue weighted by molar-refractivity contribution is 7.89. The first kappa shape index (κ1) is 15.5. The molecule has 0 radical (unpaired) electrons. The highest BCUT2D eigenvalue weighted by Crippen LogP contribution is 2.14. The molecule has 2 aromatic rings. The number of nitrogens with one attached hydrogen (secondary N) is 1. The van der Waals surface area contributed by atoms with Crippen LogP contribution in [0.25, 0.3) is 0 Å². The average Bonchev–Trinajstić information content (AvgIpc) is 2.53. The van der Waals surface area contributed by atoms with Gasteiger partial charge in [0.1, 0.15) is 5.75 Å². The van der Waals surface area contributed by atoms with E-state index in [9.17, 15) is 8.42 Å². The molecule has 3 N–H and O–H groups in total. The van der Waals surface area contributed by atoms with Crippen LogP contribution in [0, 0.1) is 0 Å². The van der Waals surface area contributed by atoms with Crippen molar-refractivity contribution in [3.8, 4) is 5.75 Å². The molecular weight excluding hydrogens is 288 g/mol. The van der Waals surface area contributed by atoms with Crippen LogP contribution in [0.4, 0.5) is 0 Å². The van der Waals surface area contributed by atoms with Gasteiger partial charge in [-0.05, 0) is 35.4 Å². The summed E-state index contributed by atoms with van der Waals surface area (Å²) in [6.07, 6.45) is 0. The molecule has 21 heavy (non-hydrogen) atoms. The fourth-order valence-electron chi connectivity index (χ4n) is 1.85. The summed E-state index contributed by atoms with van der Waals surface area (Å²) in [5.74, 6) is 0.694. The van der Waals surface area contributed by atoms with Crippen molar-refractivity contribution < 1.29 is 13.2 Å². The Balaban J connectivity index is 2.09. The van der Waals surface area contributed by atoms with E-state index >= 15 is 0 Å². The Morgan fingerprint density at radius 3 is 2.43 bits per heavy atom. The van der Waals surface area contributed by atoms with Crippen LogP contribution in [0.1, 0.15) is 11.1 Å². The minimum absolute atomic E-state index is 0.207. The first-order chi connectivity index (χ1) is 10.0. The average molecular weight is 306 g/mol. The molecule has 0 saturated heterocycles. The van der Waals surface area contributed by atoms with Crippen molar-refractivity contribution in [2.45, 2.75) is 18.0 Å². The molecule has 0 aliphatic rings. The van der Waals surface area contributed by atoms with Crippen LogP contribution in [0.2, 0.25) is 0 Å². The molecule has 0 fully saturated rings. The summed E-state index contributed by atoms with van der Waals surface area (Å²) in [5.41, 5.74) is 7.21. The SMILES string of the molecule is COc1cccc(CNS(=O)(=O)c2ccc(CN)cc2)c1. The Kier molecular flexibility index (Phi) is 4.95. The Morgan fingerprint density at radius 1 is 1.10 bits per heavy atom. The van der Waals surface area contributed by atoms with Gasteiger partial charge < -0.3 is 10.5 Å². The number of sulfonamides is 1. The van der Waals surface area contributed by atoms with Crippen LogP contribution in [-0.4, -0.2) is 15.5 Å². The van der Waals surface area contributed by atoms with Gasteiger partial charge in [0.15, 0.2) is 0 Å². The van der Waals surface area contributed by atoms with Crippen LogP contribution >= 0.6 is 0 Å². The van der Waals surface area contributed by atoms with Gasteiger partial charge in [-0.15, -0.1) is 0 Å². The lowest BCUT2D eigenvalue weighted by Gasteiger charge is -2.08. The number of hydrogen-bond donors (Lipinski definition) is 2. The van der Waals surface area contributed by atoms with Crippen molar-refractivity contribution in [3.63, 3.8) is 0 Å². The van der Waals surface area contributed by atoms with Gasteiger partial charge in [0.25, 0.3) is 0 Å². The zero-order valence-corrected chi connectivity index (χ0v) is 12.6. The molecule has 0 aromatic heterocycles. The monoisotopic (exact) mass is 306 g/mol. The normalized spacial score (nSPS) is 11.3. The molecule has 0 heterocycles. The predicted molar refractivity (Wildman–Crippen MR) is 81.4 cm³/mol. The standard InChI is InChI=1S/C15H18N2O3S/c1-20-14-4-2-3-13(9-14)11-17-21(18,19)15-7-5-12(10-16)6-8-15/h2-9,17H,10-11,16H2,1H3. The highest BCUT2D eigenvalue weighted by atomic mass is 32.2. The third-order valence-electron chi connectivity index (χ3n) is 3.07. The van der Waals surface area contributed by atoms with E-state index in [1.165, 1.54) is 0 Å². The van der Waals surface area contributed by atoms with Crippen LogP contribution in [0.3, 0.4) is 0 Å². The van der Waals surface area contributed by atoms with Crippen LogP contribution in [0.15, 0.2) is 53.4 Å². The third-order valence-corrected chi connectivity index (χ3v) is 4.49. The summed E-state index contributed by atoms with van der Waals surface area (Å²) in [4.78, 5) is 0.225. The lowest BCUT2D eigenvalue weighted by molar-refractivity contribution is 0.414. The Bertz CT molecular complexity index is 697. The Labute approximate surface area is 124 Å². The molecule has 0 bridgehead atoms. The Morgan fingerprint density at radius 2 is 1.81 bits per heavy atom. The van der Waals surface area contributed by atoms with Gasteiger partial charge in [0.05, 0.1) is 12.0 Å². The summed E-state index contributed by atoms with van der Waals surface area (Å²) in [6, 6.07) is 13.8. The zero-order chi connectivity index (χ0) is 15.3. The second kappa shape index (κ2) is 6.71. The first-order valence-corrected chi connectivity index (χ1v) is 7.95. The third kappa shape index (κ3) is 4.04. The molecule has 6 heteroatoms. The number of nitrogens with two attached hydrogens (primary N) is 1. The van der Waals surface area contributed by atoms with Crippen molar-refractivity contribution in [3.05, 3.63) is 59.7 Å². The van der Waals surface area contributed by atoms with Crippen molar-refractivity contribution >= 4 is 10.0 Å². The molecule has 0 atom stereocenters. The Hall–Kier alpha value is -1.89. The second-order valence-electron chi connectivity index (χ2n) is 4.52. The van der Waals surface area contributed by atoms with E-state index in [0.29, 0.717) is 12.3 Å². The summed E-state index contributed by atoms with van der Waals surface area (Å²) < 4.78 is 32.0. The van der Waals surface area contributed by atoms with E-state index in [1.807, 2.05) is 18.2 Å². The van der Waals surface area contributed by atoms with Gasteiger partial charge in [-0.2, -0.15) is 0 Å². The number of methoxy groups -OCH3 is 1. The molecule has 5 nitrogen and oxygen atoms in total. The lowest BCUT2D eigenvalue weighted by Crippen LogP contribution is -2.23. The molecule has 0 aliphatic heterocycles. The molecule has 0 aliphatic carbocycles. The number of ether oxygens (including phenoxy) is 1. The van der Waals surface area contributed by atoms with E-state index < -0.39 is 10.0 Å². The van der Waals surface area contributed by atoms with E-state index in [1.54, 1.807) is 37.4 Å². The summed E-state index contributed by atoms with van der Waals surface area (Å²) >= 11 is 0. The maximum atomic E-state index is 12.2. The maximum absolute atomic E-state index is 12.2. The zero-order valence-electron chi connectivity index (χ0n) is 11.7. The quantitative estimate of drug-likeness (QED) is 0.850. The molecule has 0 spiro atoms. The maximum Gasteiger partial charge on any atom is 0.240 e. The predicted octanol–water partition coefficient (Wildman–Crippen LogP) is 1.63. The van der Waals surface area contributed by atoms with Crippen molar-refractivity contribution in [1.29, 1.82) is 0 Å². The topological polar surface area (TPSA) is 81.4 Å². The minimum Gasteiger partial charge on any atom is -0.497 e. The number of rotatable bonds is 6. The molecule has 112 valence electrons. The van der Waals surface area contributed by atoms with E-state index in [-0.39, 0.29) is 11.4 Å². The van der Waals surface area contributed by atoms with Crippen LogP contribution < -0.4 is 15.2 Å². The van der Waals surface area contributed by atoms with Crippen molar-refractivity contribution in [1.82, 2.24) is 4.72 Å². The molecular formula is C15H18N2O3S. The molecule has 0 unspecified atom stereocenters. The number of hydrogen-bond acceptors (Lipinski definition) is 4. The van der Waals surface area contributed by atoms with E-state index in [4.69, 9.17) is 10.5 Å². The minimum atomic E-state index is -3.53. The fourth-order valence-corrected chi connectivity index (χ4v) is 2.87. The molecule has 2 rings (SSSR count). The van der Waals surface area contributed by atoms with Crippen LogP contribution in [-0.2, 0) is 23.1 Å². The van der Waals surface area contributed by atoms with Gasteiger partial charge in [-0.1, -0.05) is 24.3 Å². The second-order valence-corrected chi connectivity index (χ2v) is 6.29. The lowest BCUT2D eigenvalue weighted by atomic mass is 10.2.